The zero-order chi connectivity index (χ0) is 10.6. The minimum Gasteiger partial charge on any atom is -0.480 e. The molecule has 0 unspecified atom stereocenters. The van der Waals surface area contributed by atoms with Crippen LogP contribution in [0.15, 0.2) is 0 Å². The molecule has 0 radical (unpaired) electrons. The number of hydrogen-bond acceptors (Lipinski definition) is 4. The van der Waals surface area contributed by atoms with Crippen LogP contribution in [0.2, 0.25) is 0 Å². The second-order valence-corrected chi connectivity index (χ2v) is 2.46. The number of carbonyl (C=O) groups is 3. The summed E-state index contributed by atoms with van der Waals surface area (Å²) in [5.41, 5.74) is -2.52. The molecular weight excluding hydrogens is 180 g/mol. The lowest BCUT2D eigenvalue weighted by molar-refractivity contribution is -0.176. The maximum Gasteiger partial charge on any atom is 0.334 e. The predicted octanol–water partition coefficient (Wildman–Crippen LogP) is -0.275. The Morgan fingerprint density at radius 3 is 1.85 bits per heavy atom. The van der Waals surface area contributed by atoms with E-state index in [1.807, 2.05) is 0 Å². The van der Waals surface area contributed by atoms with Gasteiger partial charge in [0.15, 0.2) is 0 Å². The first-order valence-electron chi connectivity index (χ1n) is 3.51. The number of carboxylic acid groups (broad SMARTS) is 2. The van der Waals surface area contributed by atoms with Gasteiger partial charge in [-0.1, -0.05) is 0 Å². The van der Waals surface area contributed by atoms with Crippen molar-refractivity contribution in [2.75, 3.05) is 6.61 Å². The molecule has 0 heterocycles. The molecule has 0 aromatic heterocycles. The van der Waals surface area contributed by atoms with Gasteiger partial charge in [-0.15, -0.1) is 0 Å². The maximum absolute atomic E-state index is 11.0. The summed E-state index contributed by atoms with van der Waals surface area (Å²) in [7, 11) is 0. The average Bonchev–Trinajstić information content (AvgIpc) is 2.02. The Kier molecular flexibility index (Phi) is 3.41. The number of carbonyl (C=O) groups excluding carboxylic acids is 1. The lowest BCUT2D eigenvalue weighted by atomic mass is 9.91. The number of carboxylic acids is 2. The molecule has 0 aliphatic heterocycles. The Hall–Kier alpha value is -1.59. The van der Waals surface area contributed by atoms with E-state index in [-0.39, 0.29) is 6.61 Å². The second kappa shape index (κ2) is 3.88. The highest BCUT2D eigenvalue weighted by atomic mass is 16.5. The van der Waals surface area contributed by atoms with Gasteiger partial charge in [0.1, 0.15) is 0 Å². The van der Waals surface area contributed by atoms with Crippen LogP contribution in [-0.4, -0.2) is 34.7 Å². The number of esters is 1. The summed E-state index contributed by atoms with van der Waals surface area (Å²) in [6.45, 7) is 2.19. The molecule has 0 atom stereocenters. The molecule has 0 aliphatic carbocycles. The highest BCUT2D eigenvalue weighted by Crippen LogP contribution is 2.19. The van der Waals surface area contributed by atoms with Crippen LogP contribution in [-0.2, 0) is 19.1 Å². The Bertz CT molecular complexity index is 229. The third-order valence-electron chi connectivity index (χ3n) is 1.54. The third-order valence-corrected chi connectivity index (χ3v) is 1.54. The summed E-state index contributed by atoms with van der Waals surface area (Å²) in [4.78, 5) is 32.0. The van der Waals surface area contributed by atoms with Crippen LogP contribution in [0.25, 0.3) is 0 Å². The lowest BCUT2D eigenvalue weighted by Gasteiger charge is -2.16. The van der Waals surface area contributed by atoms with Crippen molar-refractivity contribution in [3.63, 3.8) is 0 Å². The molecule has 0 aromatic carbocycles. The van der Waals surface area contributed by atoms with E-state index in [4.69, 9.17) is 10.2 Å². The van der Waals surface area contributed by atoms with Crippen molar-refractivity contribution in [1.29, 1.82) is 0 Å². The summed E-state index contributed by atoms with van der Waals surface area (Å²) in [6.07, 6.45) is 0. The normalized spacial score (nSPS) is 10.6. The molecule has 0 rings (SSSR count). The molecule has 0 spiro atoms. The van der Waals surface area contributed by atoms with E-state index in [0.29, 0.717) is 0 Å². The molecular formula is C7H10O6. The van der Waals surface area contributed by atoms with Crippen molar-refractivity contribution in [1.82, 2.24) is 0 Å². The van der Waals surface area contributed by atoms with Crippen molar-refractivity contribution < 1.29 is 29.3 Å². The Morgan fingerprint density at radius 2 is 1.62 bits per heavy atom. The van der Waals surface area contributed by atoms with Crippen LogP contribution >= 0.6 is 0 Å². The van der Waals surface area contributed by atoms with Crippen LogP contribution in [0.3, 0.4) is 0 Å². The Labute approximate surface area is 74.1 Å². The quantitative estimate of drug-likeness (QED) is 0.467. The van der Waals surface area contributed by atoms with Crippen molar-refractivity contribution in [2.24, 2.45) is 5.41 Å². The van der Waals surface area contributed by atoms with Gasteiger partial charge in [0.25, 0.3) is 5.41 Å². The van der Waals surface area contributed by atoms with E-state index in [1.165, 1.54) is 6.92 Å². The molecule has 2 N–H and O–H groups in total. The van der Waals surface area contributed by atoms with Gasteiger partial charge in [-0.2, -0.15) is 0 Å². The van der Waals surface area contributed by atoms with Crippen molar-refractivity contribution in [3.05, 3.63) is 0 Å². The molecule has 0 saturated carbocycles. The zero-order valence-electron chi connectivity index (χ0n) is 7.23. The predicted molar refractivity (Wildman–Crippen MR) is 40.0 cm³/mol. The van der Waals surface area contributed by atoms with E-state index < -0.39 is 23.3 Å². The molecule has 0 aromatic rings. The first kappa shape index (κ1) is 11.4. The standard InChI is InChI=1S/C7H10O6/c1-3-13-6(12)7(2,4(8)9)5(10)11/h3H2,1-2H3,(H,8,9)(H,10,11). The van der Waals surface area contributed by atoms with Crippen molar-refractivity contribution >= 4 is 17.9 Å². The van der Waals surface area contributed by atoms with Crippen LogP contribution in [0.1, 0.15) is 13.8 Å². The van der Waals surface area contributed by atoms with Gasteiger partial charge in [0.2, 0.25) is 0 Å². The van der Waals surface area contributed by atoms with Crippen molar-refractivity contribution in [3.8, 4) is 0 Å². The van der Waals surface area contributed by atoms with Crippen molar-refractivity contribution in [2.45, 2.75) is 13.8 Å². The fourth-order valence-electron chi connectivity index (χ4n) is 0.542. The van der Waals surface area contributed by atoms with Gasteiger partial charge in [0.05, 0.1) is 6.61 Å². The lowest BCUT2D eigenvalue weighted by Crippen LogP contribution is -2.44. The summed E-state index contributed by atoms with van der Waals surface area (Å²) >= 11 is 0. The van der Waals surface area contributed by atoms with Gasteiger partial charge in [-0.3, -0.25) is 14.4 Å². The molecule has 0 bridgehead atoms. The second-order valence-electron chi connectivity index (χ2n) is 2.46. The smallest absolute Gasteiger partial charge is 0.334 e. The summed E-state index contributed by atoms with van der Waals surface area (Å²) < 4.78 is 4.33. The first-order chi connectivity index (χ1) is 5.87. The third kappa shape index (κ3) is 1.95. The van der Waals surface area contributed by atoms with Crippen LogP contribution in [0.5, 0.6) is 0 Å². The van der Waals surface area contributed by atoms with E-state index >= 15 is 0 Å². The van der Waals surface area contributed by atoms with E-state index in [0.717, 1.165) is 6.92 Å². The summed E-state index contributed by atoms with van der Waals surface area (Å²) in [5, 5.41) is 17.0. The van der Waals surface area contributed by atoms with Gasteiger partial charge < -0.3 is 14.9 Å². The topological polar surface area (TPSA) is 101 Å². The minimum absolute atomic E-state index is 0.0605. The molecule has 6 heteroatoms. The average molecular weight is 190 g/mol. The zero-order valence-corrected chi connectivity index (χ0v) is 7.23. The van der Waals surface area contributed by atoms with Gasteiger partial charge in [-0.05, 0) is 13.8 Å². The molecule has 0 amide bonds. The molecule has 13 heavy (non-hydrogen) atoms. The van der Waals surface area contributed by atoms with Gasteiger partial charge in [0, 0.05) is 0 Å². The van der Waals surface area contributed by atoms with Crippen LogP contribution in [0, 0.1) is 5.41 Å². The van der Waals surface area contributed by atoms with E-state index in [2.05, 4.69) is 4.74 Å². The molecule has 0 saturated heterocycles. The molecule has 6 nitrogen and oxygen atoms in total. The highest BCUT2D eigenvalue weighted by Gasteiger charge is 2.50. The van der Waals surface area contributed by atoms with Gasteiger partial charge >= 0.3 is 17.9 Å². The Balaban J connectivity index is 4.91. The van der Waals surface area contributed by atoms with Crippen LogP contribution in [0.4, 0.5) is 0 Å². The van der Waals surface area contributed by atoms with E-state index in [1.54, 1.807) is 0 Å². The fourth-order valence-corrected chi connectivity index (χ4v) is 0.542. The van der Waals surface area contributed by atoms with Gasteiger partial charge in [-0.25, -0.2) is 0 Å². The highest BCUT2D eigenvalue weighted by molar-refractivity contribution is 6.16. The summed E-state index contributed by atoms with van der Waals surface area (Å²) in [5.74, 6) is -4.74. The number of hydrogen-bond donors (Lipinski definition) is 2. The number of rotatable bonds is 4. The largest absolute Gasteiger partial charge is 0.480 e. The minimum atomic E-state index is -2.52. The SMILES string of the molecule is CCOC(=O)C(C)(C(=O)O)C(=O)O. The molecule has 0 aliphatic rings. The van der Waals surface area contributed by atoms with E-state index in [9.17, 15) is 14.4 Å². The van der Waals surface area contributed by atoms with Crippen LogP contribution < -0.4 is 0 Å². The fraction of sp³-hybridized carbons (Fsp3) is 0.571. The monoisotopic (exact) mass is 190 g/mol. The first-order valence-corrected chi connectivity index (χ1v) is 3.51. The summed E-state index contributed by atoms with van der Waals surface area (Å²) in [6, 6.07) is 0. The maximum atomic E-state index is 11.0. The Morgan fingerprint density at radius 1 is 1.23 bits per heavy atom. The molecule has 0 fully saturated rings. The number of ether oxygens (including phenoxy) is 1. The molecule has 74 valence electrons. The number of aliphatic carboxylic acids is 2.